The average molecular weight is 573 g/mol. The number of pyridine rings is 1. The van der Waals surface area contributed by atoms with Crippen molar-refractivity contribution in [2.75, 3.05) is 19.4 Å². The summed E-state index contributed by atoms with van der Waals surface area (Å²) >= 11 is 0. The largest absolute Gasteiger partial charge is 0.465 e. The predicted molar refractivity (Wildman–Crippen MR) is 150 cm³/mol. The number of fused-ring (bicyclic) bond motifs is 1. The summed E-state index contributed by atoms with van der Waals surface area (Å²) < 4.78 is 30.4. The van der Waals surface area contributed by atoms with E-state index in [9.17, 15) is 28.0 Å². The van der Waals surface area contributed by atoms with Gasteiger partial charge < -0.3 is 30.2 Å². The summed E-state index contributed by atoms with van der Waals surface area (Å²) in [5.74, 6) is -2.34. The molecule has 1 unspecified atom stereocenters. The Morgan fingerprint density at radius 3 is 2.56 bits per heavy atom. The Balaban J connectivity index is 1.81. The topological polar surface area (TPSA) is 149 Å². The molecule has 0 spiro atoms. The number of hydrogen-bond acceptors (Lipinski definition) is 5. The monoisotopic (exact) mass is 572 g/mol. The molecule has 0 bridgehead atoms. The van der Waals surface area contributed by atoms with Crippen LogP contribution in [0.2, 0.25) is 0 Å². The number of rotatable bonds is 10. The fourth-order valence-electron chi connectivity index (χ4n) is 4.13. The van der Waals surface area contributed by atoms with Gasteiger partial charge in [0.2, 0.25) is 11.8 Å². The molecule has 13 heteroatoms. The van der Waals surface area contributed by atoms with E-state index in [0.29, 0.717) is 12.0 Å². The van der Waals surface area contributed by atoms with Gasteiger partial charge in [0.25, 0.3) is 5.56 Å². The Labute approximate surface area is 235 Å². The van der Waals surface area contributed by atoms with E-state index in [1.165, 1.54) is 39.9 Å². The van der Waals surface area contributed by atoms with Gasteiger partial charge in [0, 0.05) is 31.9 Å². The van der Waals surface area contributed by atoms with E-state index >= 15 is 0 Å². The number of halogens is 2. The maximum atomic E-state index is 14.6. The number of amides is 3. The Morgan fingerprint density at radius 1 is 1.22 bits per heavy atom. The number of imidazole rings is 1. The highest BCUT2D eigenvalue weighted by molar-refractivity contribution is 5.96. The third kappa shape index (κ3) is 8.22. The summed E-state index contributed by atoms with van der Waals surface area (Å²) in [5, 5.41) is 13.7. The minimum absolute atomic E-state index is 0.0361. The average Bonchev–Trinajstić information content (AvgIpc) is 3.29. The van der Waals surface area contributed by atoms with Gasteiger partial charge >= 0.3 is 6.09 Å². The number of aromatic amines is 1. The lowest BCUT2D eigenvalue weighted by Gasteiger charge is -2.19. The lowest BCUT2D eigenvalue weighted by molar-refractivity contribution is -0.123. The molecule has 0 aliphatic carbocycles. The maximum Gasteiger partial charge on any atom is 0.405 e. The number of benzene rings is 1. The fraction of sp³-hybridized carbons (Fsp3) is 0.393. The first-order valence-electron chi connectivity index (χ1n) is 12.9. The predicted octanol–water partition coefficient (Wildman–Crippen LogP) is 3.64. The molecule has 1 aromatic carbocycles. The first-order valence-corrected chi connectivity index (χ1v) is 12.9. The molecule has 220 valence electrons. The summed E-state index contributed by atoms with van der Waals surface area (Å²) in [6.07, 6.45) is 3.44. The first-order chi connectivity index (χ1) is 19.2. The van der Waals surface area contributed by atoms with Crippen molar-refractivity contribution in [3.8, 4) is 0 Å². The molecular formula is C28H34F2N6O5. The lowest BCUT2D eigenvalue weighted by Crippen LogP contribution is -2.44. The van der Waals surface area contributed by atoms with Gasteiger partial charge in [-0.3, -0.25) is 14.4 Å². The van der Waals surface area contributed by atoms with Crippen molar-refractivity contribution in [2.24, 2.45) is 5.41 Å². The number of nitrogens with one attached hydrogen (secondary N) is 3. The van der Waals surface area contributed by atoms with E-state index in [1.54, 1.807) is 14.1 Å². The van der Waals surface area contributed by atoms with Crippen molar-refractivity contribution in [1.82, 2.24) is 24.8 Å². The van der Waals surface area contributed by atoms with E-state index in [0.717, 1.165) is 6.07 Å². The van der Waals surface area contributed by atoms with Gasteiger partial charge in [-0.1, -0.05) is 26.8 Å². The molecule has 0 radical (unpaired) electrons. The van der Waals surface area contributed by atoms with Crippen LogP contribution in [-0.4, -0.2) is 62.6 Å². The second kappa shape index (κ2) is 12.7. The molecule has 0 aliphatic rings. The zero-order valence-corrected chi connectivity index (χ0v) is 23.5. The van der Waals surface area contributed by atoms with E-state index in [2.05, 4.69) is 20.6 Å². The van der Waals surface area contributed by atoms with Crippen LogP contribution in [-0.2, 0) is 22.6 Å². The molecule has 3 rings (SSSR count). The molecule has 11 nitrogen and oxygen atoms in total. The molecule has 0 saturated heterocycles. The summed E-state index contributed by atoms with van der Waals surface area (Å²) in [5.41, 5.74) is -0.550. The van der Waals surface area contributed by atoms with Crippen molar-refractivity contribution in [3.05, 3.63) is 69.9 Å². The van der Waals surface area contributed by atoms with Crippen molar-refractivity contribution in [1.29, 1.82) is 0 Å². The van der Waals surface area contributed by atoms with Crippen molar-refractivity contribution in [3.63, 3.8) is 0 Å². The van der Waals surface area contributed by atoms with Gasteiger partial charge in [-0.25, -0.2) is 18.6 Å². The molecule has 3 amide bonds. The zero-order chi connectivity index (χ0) is 30.5. The minimum atomic E-state index is -1.43. The third-order valence-corrected chi connectivity index (χ3v) is 6.07. The van der Waals surface area contributed by atoms with Gasteiger partial charge in [-0.05, 0) is 42.9 Å². The molecule has 41 heavy (non-hydrogen) atoms. The highest BCUT2D eigenvalue weighted by atomic mass is 19.1. The number of allylic oxidation sites excluding steroid dienone is 1. The lowest BCUT2D eigenvalue weighted by atomic mass is 9.87. The first kappa shape index (κ1) is 31.0. The number of carbonyl (C=O) groups excluding carboxylic acids is 2. The molecule has 3 aromatic rings. The number of H-pyrrole nitrogens is 1. The van der Waals surface area contributed by atoms with Gasteiger partial charge in [0.15, 0.2) is 5.82 Å². The van der Waals surface area contributed by atoms with E-state index in [1.807, 2.05) is 20.8 Å². The second-order valence-electron chi connectivity index (χ2n) is 11.0. The van der Waals surface area contributed by atoms with E-state index in [-0.39, 0.29) is 53.3 Å². The Morgan fingerprint density at radius 2 is 1.93 bits per heavy atom. The molecule has 4 N–H and O–H groups in total. The van der Waals surface area contributed by atoms with Crippen molar-refractivity contribution >= 4 is 34.6 Å². The molecule has 2 heterocycles. The van der Waals surface area contributed by atoms with Gasteiger partial charge in [0.1, 0.15) is 28.9 Å². The van der Waals surface area contributed by atoms with Crippen LogP contribution in [0.5, 0.6) is 0 Å². The molecule has 1 atom stereocenters. The summed E-state index contributed by atoms with van der Waals surface area (Å²) in [6, 6.07) is 2.46. The molecule has 0 aliphatic heterocycles. The van der Waals surface area contributed by atoms with Crippen LogP contribution in [0.3, 0.4) is 0 Å². The van der Waals surface area contributed by atoms with Crippen LogP contribution >= 0.6 is 0 Å². The highest BCUT2D eigenvalue weighted by Gasteiger charge is 2.23. The second-order valence-corrected chi connectivity index (χ2v) is 11.0. The minimum Gasteiger partial charge on any atom is -0.465 e. The van der Waals surface area contributed by atoms with Crippen LogP contribution in [0.25, 0.3) is 11.0 Å². The summed E-state index contributed by atoms with van der Waals surface area (Å²) in [7, 11) is 3.16. The van der Waals surface area contributed by atoms with Crippen LogP contribution in [0, 0.1) is 17.0 Å². The summed E-state index contributed by atoms with van der Waals surface area (Å²) in [6.45, 7) is 5.65. The third-order valence-electron chi connectivity index (χ3n) is 6.07. The number of nitrogens with zero attached hydrogens (tertiary/aromatic N) is 3. The summed E-state index contributed by atoms with van der Waals surface area (Å²) in [4.78, 5) is 57.4. The standard InChI is InChI=1S/C28H34F2N6O5/c1-28(2,3)14-16-17(29)13-18(30)24-23(16)33-21(34-24)15-36-12-8-10-20(26(36)39)31-25(38)19(32-27(40)41)9-6-7-11-22(37)35(4)5/h7-8,10-13,19,32H,6,9,14-15H2,1-5H3,(H,31,38)(H,33,34)(H,40,41)/b11-7+. The Hall–Kier alpha value is -4.55. The number of aromatic nitrogens is 3. The van der Waals surface area contributed by atoms with Crippen molar-refractivity contribution in [2.45, 2.75) is 52.6 Å². The number of likely N-dealkylation sites (N-methyl/N-ethyl adjacent to an activating group) is 1. The number of hydrogen-bond donors (Lipinski definition) is 4. The maximum absolute atomic E-state index is 14.6. The van der Waals surface area contributed by atoms with Gasteiger partial charge in [-0.2, -0.15) is 0 Å². The number of carboxylic acid groups (broad SMARTS) is 1. The Kier molecular flexibility index (Phi) is 9.63. The van der Waals surface area contributed by atoms with E-state index < -0.39 is 35.2 Å². The quantitative estimate of drug-likeness (QED) is 0.273. The fourth-order valence-corrected chi connectivity index (χ4v) is 4.13. The molecule has 0 fully saturated rings. The SMILES string of the molecule is CN(C)C(=O)/C=C/CCC(NC(=O)O)C(=O)Nc1cccn(Cc2nc3c(F)cc(F)c(CC(C)(C)C)c3[nH]2)c1=O. The van der Waals surface area contributed by atoms with Gasteiger partial charge in [0.05, 0.1) is 12.1 Å². The zero-order valence-electron chi connectivity index (χ0n) is 23.5. The smallest absolute Gasteiger partial charge is 0.405 e. The van der Waals surface area contributed by atoms with Crippen LogP contribution in [0.15, 0.2) is 41.3 Å². The number of carbonyl (C=O) groups is 3. The van der Waals surface area contributed by atoms with Crippen LogP contribution < -0.4 is 16.2 Å². The normalized spacial score (nSPS) is 12.5. The van der Waals surface area contributed by atoms with E-state index in [4.69, 9.17) is 5.11 Å². The Bertz CT molecular complexity index is 1540. The van der Waals surface area contributed by atoms with Crippen molar-refractivity contribution < 1.29 is 28.3 Å². The number of anilines is 1. The molecular weight excluding hydrogens is 538 g/mol. The highest BCUT2D eigenvalue weighted by Crippen LogP contribution is 2.29. The molecule has 0 saturated carbocycles. The molecule has 2 aromatic heterocycles. The van der Waals surface area contributed by atoms with Crippen LogP contribution in [0.1, 0.15) is 45.0 Å². The van der Waals surface area contributed by atoms with Gasteiger partial charge in [-0.15, -0.1) is 0 Å². The van der Waals surface area contributed by atoms with Crippen LogP contribution in [0.4, 0.5) is 19.3 Å².